The number of aromatic nitrogens is 1. The van der Waals surface area contributed by atoms with Crippen molar-refractivity contribution in [2.45, 2.75) is 19.4 Å². The van der Waals surface area contributed by atoms with E-state index in [2.05, 4.69) is 15.6 Å². The third kappa shape index (κ3) is 6.60. The van der Waals surface area contributed by atoms with Gasteiger partial charge in [-0.1, -0.05) is 36.4 Å². The molecule has 1 heterocycles. The highest BCUT2D eigenvalue weighted by Gasteiger charge is 2.18. The number of hydrogen-bond donors (Lipinski definition) is 3. The number of amides is 2. The Kier molecular flexibility index (Phi) is 7.64. The third-order valence-electron chi connectivity index (χ3n) is 4.58. The Morgan fingerprint density at radius 1 is 0.968 bits per heavy atom. The molecule has 2 aromatic carbocycles. The SMILES string of the molecule is C[C@H](NC(=O)COc1ccccc1)C(=O)OCC(=O)NCCc1c[nH]c2ccccc12. The van der Waals surface area contributed by atoms with Crippen molar-refractivity contribution >= 4 is 28.7 Å². The number of carbonyl (C=O) groups excluding carboxylic acids is 3. The summed E-state index contributed by atoms with van der Waals surface area (Å²) in [6.07, 6.45) is 2.57. The van der Waals surface area contributed by atoms with Gasteiger partial charge in [0.15, 0.2) is 13.2 Å². The summed E-state index contributed by atoms with van der Waals surface area (Å²) in [6.45, 7) is 1.27. The Morgan fingerprint density at radius 2 is 1.71 bits per heavy atom. The van der Waals surface area contributed by atoms with Gasteiger partial charge in [-0.05, 0) is 37.1 Å². The van der Waals surface area contributed by atoms with E-state index in [1.807, 2.05) is 36.5 Å². The maximum atomic E-state index is 12.0. The number of benzene rings is 2. The largest absolute Gasteiger partial charge is 0.484 e. The van der Waals surface area contributed by atoms with Crippen molar-refractivity contribution in [1.29, 1.82) is 0 Å². The molecule has 0 unspecified atom stereocenters. The van der Waals surface area contributed by atoms with Crippen LogP contribution in [0.25, 0.3) is 10.9 Å². The minimum Gasteiger partial charge on any atom is -0.484 e. The van der Waals surface area contributed by atoms with Crippen LogP contribution < -0.4 is 15.4 Å². The lowest BCUT2D eigenvalue weighted by atomic mass is 10.1. The number of carbonyl (C=O) groups is 3. The quantitative estimate of drug-likeness (QED) is 0.432. The molecule has 162 valence electrons. The highest BCUT2D eigenvalue weighted by Crippen LogP contribution is 2.17. The van der Waals surface area contributed by atoms with Crippen LogP contribution in [0, 0.1) is 0 Å². The van der Waals surface area contributed by atoms with Gasteiger partial charge in [-0.2, -0.15) is 0 Å². The Bertz CT molecular complexity index is 1030. The van der Waals surface area contributed by atoms with E-state index in [-0.39, 0.29) is 6.61 Å². The molecule has 2 amide bonds. The van der Waals surface area contributed by atoms with Gasteiger partial charge in [0.1, 0.15) is 11.8 Å². The van der Waals surface area contributed by atoms with Gasteiger partial charge in [-0.3, -0.25) is 9.59 Å². The topological polar surface area (TPSA) is 110 Å². The molecule has 3 aromatic rings. The molecule has 0 radical (unpaired) electrons. The van der Waals surface area contributed by atoms with Gasteiger partial charge in [0.25, 0.3) is 11.8 Å². The van der Waals surface area contributed by atoms with Crippen LogP contribution in [-0.4, -0.2) is 48.6 Å². The summed E-state index contributed by atoms with van der Waals surface area (Å²) in [7, 11) is 0. The van der Waals surface area contributed by atoms with Gasteiger partial charge >= 0.3 is 5.97 Å². The predicted octanol–water partition coefficient (Wildman–Crippen LogP) is 1.95. The van der Waals surface area contributed by atoms with E-state index in [1.54, 1.807) is 24.3 Å². The maximum absolute atomic E-state index is 12.0. The fraction of sp³-hybridized carbons (Fsp3) is 0.261. The van der Waals surface area contributed by atoms with Crippen LogP contribution in [0.3, 0.4) is 0 Å². The number of para-hydroxylation sites is 2. The molecule has 3 rings (SSSR count). The predicted molar refractivity (Wildman–Crippen MR) is 116 cm³/mol. The molecule has 8 nitrogen and oxygen atoms in total. The summed E-state index contributed by atoms with van der Waals surface area (Å²) < 4.78 is 10.3. The molecule has 31 heavy (non-hydrogen) atoms. The molecule has 0 aliphatic heterocycles. The lowest BCUT2D eigenvalue weighted by Crippen LogP contribution is -2.42. The Morgan fingerprint density at radius 3 is 2.52 bits per heavy atom. The minimum atomic E-state index is -0.897. The van der Waals surface area contributed by atoms with E-state index in [9.17, 15) is 14.4 Å². The molecule has 3 N–H and O–H groups in total. The van der Waals surface area contributed by atoms with Crippen molar-refractivity contribution < 1.29 is 23.9 Å². The van der Waals surface area contributed by atoms with E-state index in [0.717, 1.165) is 16.5 Å². The second-order valence-corrected chi connectivity index (χ2v) is 6.96. The number of fused-ring (bicyclic) bond motifs is 1. The first-order chi connectivity index (χ1) is 15.0. The molecular formula is C23H25N3O5. The average Bonchev–Trinajstić information content (AvgIpc) is 3.20. The molecule has 0 aliphatic carbocycles. The molecular weight excluding hydrogens is 398 g/mol. The fourth-order valence-corrected chi connectivity index (χ4v) is 3.00. The highest BCUT2D eigenvalue weighted by atomic mass is 16.5. The summed E-state index contributed by atoms with van der Waals surface area (Å²) >= 11 is 0. The summed E-state index contributed by atoms with van der Waals surface area (Å²) in [5, 5.41) is 6.32. The average molecular weight is 423 g/mol. The maximum Gasteiger partial charge on any atom is 0.328 e. The Hall–Kier alpha value is -3.81. The number of aromatic amines is 1. The van der Waals surface area contributed by atoms with Crippen molar-refractivity contribution in [2.24, 2.45) is 0 Å². The molecule has 0 fully saturated rings. The number of ether oxygens (including phenoxy) is 2. The zero-order valence-electron chi connectivity index (χ0n) is 17.2. The first-order valence-corrected chi connectivity index (χ1v) is 9.98. The standard InChI is InChI=1S/C23H25N3O5/c1-16(26-22(28)15-30-18-7-3-2-4-8-18)23(29)31-14-21(27)24-12-11-17-13-25-20-10-6-5-9-19(17)20/h2-10,13,16,25H,11-12,14-15H2,1H3,(H,24,27)(H,26,28)/t16-/m0/s1. The Balaban J connectivity index is 1.32. The van der Waals surface area contributed by atoms with E-state index in [4.69, 9.17) is 9.47 Å². The van der Waals surface area contributed by atoms with Gasteiger partial charge in [-0.25, -0.2) is 4.79 Å². The summed E-state index contributed by atoms with van der Waals surface area (Å²) in [4.78, 5) is 39.0. The zero-order chi connectivity index (χ0) is 22.1. The van der Waals surface area contributed by atoms with Crippen LogP contribution in [0.4, 0.5) is 0 Å². The summed E-state index contributed by atoms with van der Waals surface area (Å²) in [5.74, 6) is -1.01. The number of H-pyrrole nitrogens is 1. The second kappa shape index (κ2) is 10.8. The first-order valence-electron chi connectivity index (χ1n) is 9.98. The van der Waals surface area contributed by atoms with Crippen LogP contribution >= 0.6 is 0 Å². The minimum absolute atomic E-state index is 0.226. The zero-order valence-corrected chi connectivity index (χ0v) is 17.2. The molecule has 0 aliphatic rings. The lowest BCUT2D eigenvalue weighted by molar-refractivity contribution is -0.151. The van der Waals surface area contributed by atoms with Crippen molar-refractivity contribution in [3.63, 3.8) is 0 Å². The number of hydrogen-bond acceptors (Lipinski definition) is 5. The number of nitrogens with one attached hydrogen (secondary N) is 3. The smallest absolute Gasteiger partial charge is 0.328 e. The van der Waals surface area contributed by atoms with E-state index in [1.165, 1.54) is 6.92 Å². The van der Waals surface area contributed by atoms with E-state index < -0.39 is 30.4 Å². The van der Waals surface area contributed by atoms with Gasteiger partial charge in [-0.15, -0.1) is 0 Å². The summed E-state index contributed by atoms with van der Waals surface area (Å²) in [6, 6.07) is 15.9. The molecule has 0 saturated carbocycles. The monoisotopic (exact) mass is 423 g/mol. The lowest BCUT2D eigenvalue weighted by Gasteiger charge is -2.14. The molecule has 1 aromatic heterocycles. The number of rotatable bonds is 10. The normalized spacial score (nSPS) is 11.5. The van der Waals surface area contributed by atoms with E-state index in [0.29, 0.717) is 18.7 Å². The van der Waals surface area contributed by atoms with Gasteiger partial charge in [0.2, 0.25) is 0 Å². The van der Waals surface area contributed by atoms with Crippen LogP contribution in [0.15, 0.2) is 60.8 Å². The van der Waals surface area contributed by atoms with Crippen LogP contribution in [0.1, 0.15) is 12.5 Å². The second-order valence-electron chi connectivity index (χ2n) is 6.96. The van der Waals surface area contributed by atoms with Gasteiger partial charge < -0.3 is 25.1 Å². The number of esters is 1. The third-order valence-corrected chi connectivity index (χ3v) is 4.58. The van der Waals surface area contributed by atoms with Crippen LogP contribution in [0.2, 0.25) is 0 Å². The van der Waals surface area contributed by atoms with Crippen molar-refractivity contribution in [3.8, 4) is 5.75 Å². The van der Waals surface area contributed by atoms with Crippen LogP contribution in [-0.2, 0) is 25.5 Å². The van der Waals surface area contributed by atoms with Gasteiger partial charge in [0, 0.05) is 23.6 Å². The highest BCUT2D eigenvalue weighted by molar-refractivity contribution is 5.87. The molecule has 0 bridgehead atoms. The Labute approximate surface area is 179 Å². The fourth-order valence-electron chi connectivity index (χ4n) is 3.00. The van der Waals surface area contributed by atoms with Gasteiger partial charge in [0.05, 0.1) is 0 Å². The van der Waals surface area contributed by atoms with Crippen molar-refractivity contribution in [2.75, 3.05) is 19.8 Å². The van der Waals surface area contributed by atoms with E-state index >= 15 is 0 Å². The first kappa shape index (κ1) is 21.9. The molecule has 1 atom stereocenters. The summed E-state index contributed by atoms with van der Waals surface area (Å²) in [5.41, 5.74) is 2.14. The molecule has 0 spiro atoms. The molecule has 0 saturated heterocycles. The van der Waals surface area contributed by atoms with Crippen molar-refractivity contribution in [3.05, 3.63) is 66.4 Å². The van der Waals surface area contributed by atoms with Crippen LogP contribution in [0.5, 0.6) is 5.75 Å². The molecule has 8 heteroatoms. The van der Waals surface area contributed by atoms with Crippen molar-refractivity contribution in [1.82, 2.24) is 15.6 Å².